The molecule has 1 unspecified atom stereocenters. The molecule has 0 fully saturated rings. The molecule has 36 heavy (non-hydrogen) atoms. The fraction of sp³-hybridized carbons (Fsp3) is 0.407. The molecule has 0 aliphatic rings. The van der Waals surface area contributed by atoms with Crippen molar-refractivity contribution in [3.05, 3.63) is 65.7 Å². The summed E-state index contributed by atoms with van der Waals surface area (Å²) in [6, 6.07) is 14.9. The molecular formula is C27H35N3O6. The van der Waals surface area contributed by atoms with Crippen LogP contribution in [0.15, 0.2) is 54.6 Å². The number of carbonyl (C=O) groups is 4. The second-order valence-corrected chi connectivity index (χ2v) is 9.30. The zero-order chi connectivity index (χ0) is 26.6. The number of anilines is 1. The van der Waals surface area contributed by atoms with Crippen molar-refractivity contribution in [1.29, 1.82) is 0 Å². The molecule has 2 rings (SSSR count). The highest BCUT2D eigenvalue weighted by molar-refractivity contribution is 5.97. The van der Waals surface area contributed by atoms with Crippen molar-refractivity contribution in [2.24, 2.45) is 0 Å². The molecule has 0 saturated heterocycles. The van der Waals surface area contributed by atoms with Gasteiger partial charge in [0.25, 0.3) is 5.91 Å². The molecule has 9 heteroatoms. The van der Waals surface area contributed by atoms with E-state index in [1.807, 2.05) is 30.3 Å². The lowest BCUT2D eigenvalue weighted by Crippen LogP contribution is -2.44. The first kappa shape index (κ1) is 28.4. The fourth-order valence-electron chi connectivity index (χ4n) is 3.21. The Balaban J connectivity index is 1.84. The number of ether oxygens (including phenoxy) is 2. The molecule has 0 aliphatic carbocycles. The average molecular weight is 498 g/mol. The summed E-state index contributed by atoms with van der Waals surface area (Å²) in [5.74, 6) is -1.17. The molecule has 2 aromatic carbocycles. The highest BCUT2D eigenvalue weighted by Crippen LogP contribution is 2.14. The predicted molar refractivity (Wildman–Crippen MR) is 136 cm³/mol. The summed E-state index contributed by atoms with van der Waals surface area (Å²) < 4.78 is 10.7. The van der Waals surface area contributed by atoms with Gasteiger partial charge in [-0.25, -0.2) is 9.59 Å². The van der Waals surface area contributed by atoms with E-state index in [2.05, 4.69) is 16.0 Å². The maximum absolute atomic E-state index is 12.7. The Hall–Kier alpha value is -3.88. The third kappa shape index (κ3) is 11.0. The van der Waals surface area contributed by atoms with Gasteiger partial charge in [0.1, 0.15) is 18.2 Å². The summed E-state index contributed by atoms with van der Waals surface area (Å²) in [7, 11) is 0. The predicted octanol–water partition coefficient (Wildman–Crippen LogP) is 4.18. The zero-order valence-electron chi connectivity index (χ0n) is 21.3. The van der Waals surface area contributed by atoms with Crippen molar-refractivity contribution in [2.75, 3.05) is 11.9 Å². The third-order valence-corrected chi connectivity index (χ3v) is 4.87. The first-order chi connectivity index (χ1) is 17.0. The second kappa shape index (κ2) is 13.9. The minimum Gasteiger partial charge on any atom is -0.458 e. The number of hydrogen-bond donors (Lipinski definition) is 3. The molecule has 3 amide bonds. The molecule has 0 saturated carbocycles. The van der Waals surface area contributed by atoms with Crippen molar-refractivity contribution >= 4 is 29.6 Å². The third-order valence-electron chi connectivity index (χ3n) is 4.87. The van der Waals surface area contributed by atoms with Gasteiger partial charge in [0.15, 0.2) is 0 Å². The van der Waals surface area contributed by atoms with Crippen LogP contribution in [0.2, 0.25) is 0 Å². The van der Waals surface area contributed by atoms with Crippen LogP contribution in [0, 0.1) is 0 Å². The lowest BCUT2D eigenvalue weighted by Gasteiger charge is -2.24. The Morgan fingerprint density at radius 2 is 1.58 bits per heavy atom. The molecule has 2 aromatic rings. The van der Waals surface area contributed by atoms with Crippen LogP contribution in [-0.4, -0.2) is 42.1 Å². The topological polar surface area (TPSA) is 123 Å². The summed E-state index contributed by atoms with van der Waals surface area (Å²) >= 11 is 0. The Bertz CT molecular complexity index is 1020. The highest BCUT2D eigenvalue weighted by atomic mass is 16.6. The van der Waals surface area contributed by atoms with Crippen molar-refractivity contribution in [3.63, 3.8) is 0 Å². The van der Waals surface area contributed by atoms with E-state index in [0.717, 1.165) is 5.56 Å². The summed E-state index contributed by atoms with van der Waals surface area (Å²) in [4.78, 5) is 48.5. The Morgan fingerprint density at radius 1 is 0.917 bits per heavy atom. The number of benzene rings is 2. The van der Waals surface area contributed by atoms with Crippen LogP contribution in [0.25, 0.3) is 0 Å². The molecule has 0 spiro atoms. The lowest BCUT2D eigenvalue weighted by atomic mass is 10.1. The lowest BCUT2D eigenvalue weighted by molar-refractivity contribution is -0.157. The largest absolute Gasteiger partial charge is 0.458 e. The number of unbranched alkanes of at least 4 members (excludes halogenated alkanes) is 1. The van der Waals surface area contributed by atoms with Gasteiger partial charge in [-0.05, 0) is 69.9 Å². The Kier molecular flexibility index (Phi) is 10.9. The molecule has 194 valence electrons. The molecule has 0 aromatic heterocycles. The van der Waals surface area contributed by atoms with Gasteiger partial charge < -0.3 is 25.4 Å². The Labute approximate surface area is 211 Å². The van der Waals surface area contributed by atoms with Crippen LogP contribution in [0.4, 0.5) is 10.5 Å². The number of nitrogens with one attached hydrogen (secondary N) is 3. The molecule has 0 radical (unpaired) electrons. The van der Waals surface area contributed by atoms with Gasteiger partial charge >= 0.3 is 12.1 Å². The first-order valence-corrected chi connectivity index (χ1v) is 11.9. The van der Waals surface area contributed by atoms with Gasteiger partial charge in [0, 0.05) is 24.7 Å². The average Bonchev–Trinajstić information content (AvgIpc) is 2.81. The van der Waals surface area contributed by atoms with Gasteiger partial charge in [0.05, 0.1) is 0 Å². The van der Waals surface area contributed by atoms with Crippen LogP contribution in [-0.2, 0) is 25.7 Å². The number of carbonyl (C=O) groups excluding carboxylic acids is 4. The van der Waals surface area contributed by atoms with Crippen LogP contribution in [0.1, 0.15) is 62.9 Å². The minimum absolute atomic E-state index is 0.186. The summed E-state index contributed by atoms with van der Waals surface area (Å²) in [6.07, 6.45) is 0.968. The molecule has 9 nitrogen and oxygen atoms in total. The van der Waals surface area contributed by atoms with E-state index in [9.17, 15) is 19.2 Å². The highest BCUT2D eigenvalue weighted by Gasteiger charge is 2.26. The summed E-state index contributed by atoms with van der Waals surface area (Å²) in [6.45, 7) is 7.23. The van der Waals surface area contributed by atoms with Crippen LogP contribution >= 0.6 is 0 Å². The van der Waals surface area contributed by atoms with Gasteiger partial charge in [-0.2, -0.15) is 0 Å². The molecule has 1 atom stereocenters. The fourth-order valence-corrected chi connectivity index (χ4v) is 3.21. The summed E-state index contributed by atoms with van der Waals surface area (Å²) in [5.41, 5.74) is 1.11. The van der Waals surface area contributed by atoms with Crippen molar-refractivity contribution < 1.29 is 28.7 Å². The first-order valence-electron chi connectivity index (χ1n) is 11.9. The minimum atomic E-state index is -0.850. The van der Waals surface area contributed by atoms with Crippen LogP contribution in [0.5, 0.6) is 0 Å². The van der Waals surface area contributed by atoms with E-state index < -0.39 is 29.6 Å². The van der Waals surface area contributed by atoms with Gasteiger partial charge in [-0.1, -0.05) is 30.3 Å². The van der Waals surface area contributed by atoms with Gasteiger partial charge in [-0.3, -0.25) is 9.59 Å². The van der Waals surface area contributed by atoms with E-state index >= 15 is 0 Å². The van der Waals surface area contributed by atoms with Crippen molar-refractivity contribution in [3.8, 4) is 0 Å². The molecule has 3 N–H and O–H groups in total. The second-order valence-electron chi connectivity index (χ2n) is 9.30. The van der Waals surface area contributed by atoms with Crippen LogP contribution in [0.3, 0.4) is 0 Å². The van der Waals surface area contributed by atoms with E-state index in [0.29, 0.717) is 37.1 Å². The molecule has 0 aliphatic heterocycles. The van der Waals surface area contributed by atoms with Crippen molar-refractivity contribution in [1.82, 2.24) is 10.6 Å². The van der Waals surface area contributed by atoms with Crippen molar-refractivity contribution in [2.45, 2.75) is 65.2 Å². The van der Waals surface area contributed by atoms with E-state index in [1.165, 1.54) is 6.92 Å². The number of hydrogen-bond acceptors (Lipinski definition) is 6. The Morgan fingerprint density at radius 3 is 2.19 bits per heavy atom. The van der Waals surface area contributed by atoms with Gasteiger partial charge in [-0.15, -0.1) is 0 Å². The number of rotatable bonds is 11. The van der Waals surface area contributed by atoms with E-state index in [-0.39, 0.29) is 12.5 Å². The van der Waals surface area contributed by atoms with E-state index in [4.69, 9.17) is 9.47 Å². The number of alkyl carbamates (subject to hydrolysis) is 1. The van der Waals surface area contributed by atoms with E-state index in [1.54, 1.807) is 45.0 Å². The summed E-state index contributed by atoms with van der Waals surface area (Å²) in [5, 5.41) is 8.06. The van der Waals surface area contributed by atoms with Crippen LogP contribution < -0.4 is 16.0 Å². The quantitative estimate of drug-likeness (QED) is 0.316. The SMILES string of the molecule is CC(=O)Nc1ccc(C(=O)NC(CCCCNC(=O)OCc2ccccc2)C(=O)OC(C)(C)C)cc1. The molecule has 0 heterocycles. The maximum atomic E-state index is 12.7. The smallest absolute Gasteiger partial charge is 0.407 e. The normalized spacial score (nSPS) is 11.7. The monoisotopic (exact) mass is 497 g/mol. The van der Waals surface area contributed by atoms with Gasteiger partial charge in [0.2, 0.25) is 5.91 Å². The number of esters is 1. The standard InChI is InChI=1S/C27H35N3O6/c1-19(31)29-22-15-13-21(14-16-22)24(32)30-23(25(33)36-27(2,3)4)12-8-9-17-28-26(34)35-18-20-10-6-5-7-11-20/h5-7,10-11,13-16,23H,8-9,12,17-18H2,1-4H3,(H,28,34)(H,29,31)(H,30,32). The maximum Gasteiger partial charge on any atom is 0.407 e. The molecule has 0 bridgehead atoms. The molecular weight excluding hydrogens is 462 g/mol. The number of amides is 3. The zero-order valence-corrected chi connectivity index (χ0v) is 21.3.